The molecule has 0 aliphatic carbocycles. The number of nitrogens with zero attached hydrogens (tertiary/aromatic N) is 3. The Hall–Kier alpha value is -3.65. The lowest BCUT2D eigenvalue weighted by Gasteiger charge is -2.34. The van der Waals surface area contributed by atoms with Gasteiger partial charge in [-0.25, -0.2) is 4.90 Å². The first-order valence-corrected chi connectivity index (χ1v) is 13.0. The molecule has 3 amide bonds. The zero-order chi connectivity index (χ0) is 26.8. The molecule has 2 aliphatic rings. The van der Waals surface area contributed by atoms with Gasteiger partial charge in [-0.3, -0.25) is 19.3 Å². The summed E-state index contributed by atoms with van der Waals surface area (Å²) < 4.78 is 0. The Bertz CT molecular complexity index is 1430. The minimum Gasteiger partial charge on any atom is -0.350 e. The first-order chi connectivity index (χ1) is 18.3. The maximum Gasteiger partial charge on any atom is 0.283 e. The molecule has 0 unspecified atom stereocenters. The number of nitrogens with one attached hydrogen (secondary N) is 1. The Kier molecular flexibility index (Phi) is 7.51. The van der Waals surface area contributed by atoms with Crippen molar-refractivity contribution in [3.8, 4) is 0 Å². The second kappa shape index (κ2) is 11.0. The molecule has 38 heavy (non-hydrogen) atoms. The van der Waals surface area contributed by atoms with Crippen LogP contribution in [0.5, 0.6) is 0 Å². The van der Waals surface area contributed by atoms with E-state index in [9.17, 15) is 14.4 Å². The zero-order valence-corrected chi connectivity index (χ0v) is 22.3. The summed E-state index contributed by atoms with van der Waals surface area (Å²) in [7, 11) is 0. The number of aryl methyl sites for hydroxylation is 1. The van der Waals surface area contributed by atoms with Gasteiger partial charge in [-0.05, 0) is 48.4 Å². The monoisotopic (exact) mass is 548 g/mol. The van der Waals surface area contributed by atoms with Gasteiger partial charge in [0, 0.05) is 49.0 Å². The summed E-state index contributed by atoms with van der Waals surface area (Å²) in [5.74, 6) is -1.31. The molecule has 0 bridgehead atoms. The highest BCUT2D eigenvalue weighted by molar-refractivity contribution is 6.53. The molecule has 194 valence electrons. The van der Waals surface area contributed by atoms with Crippen LogP contribution in [0, 0.1) is 6.92 Å². The summed E-state index contributed by atoms with van der Waals surface area (Å²) >= 11 is 12.4. The molecule has 5 rings (SSSR count). The van der Waals surface area contributed by atoms with Crippen molar-refractivity contribution in [1.29, 1.82) is 0 Å². The third-order valence-corrected chi connectivity index (χ3v) is 7.31. The molecular weight excluding hydrogens is 523 g/mol. The molecule has 0 aromatic heterocycles. The van der Waals surface area contributed by atoms with Crippen LogP contribution in [0.2, 0.25) is 5.02 Å². The van der Waals surface area contributed by atoms with Crippen molar-refractivity contribution in [2.45, 2.75) is 13.5 Å². The zero-order valence-electron chi connectivity index (χ0n) is 20.8. The van der Waals surface area contributed by atoms with Crippen LogP contribution in [0.15, 0.2) is 83.5 Å². The van der Waals surface area contributed by atoms with E-state index in [0.29, 0.717) is 40.6 Å². The molecule has 0 saturated carbocycles. The molecule has 1 saturated heterocycles. The third kappa shape index (κ3) is 5.31. The van der Waals surface area contributed by atoms with Gasteiger partial charge in [-0.15, -0.1) is 0 Å². The van der Waals surface area contributed by atoms with Gasteiger partial charge in [-0.2, -0.15) is 0 Å². The number of hydrogen-bond donors (Lipinski definition) is 1. The summed E-state index contributed by atoms with van der Waals surface area (Å²) in [6, 6.07) is 22.1. The van der Waals surface area contributed by atoms with Crippen molar-refractivity contribution in [2.24, 2.45) is 0 Å². The second-order valence-corrected chi connectivity index (χ2v) is 10.1. The molecule has 0 radical (unpaired) electrons. The van der Waals surface area contributed by atoms with E-state index in [2.05, 4.69) is 22.3 Å². The van der Waals surface area contributed by atoms with Gasteiger partial charge in [0.25, 0.3) is 17.7 Å². The number of hydrogen-bond acceptors (Lipinski definition) is 5. The number of piperazine rings is 1. The van der Waals surface area contributed by atoms with Crippen LogP contribution < -0.4 is 10.2 Å². The molecule has 1 fully saturated rings. The highest BCUT2D eigenvalue weighted by atomic mass is 35.5. The average molecular weight is 549 g/mol. The molecule has 1 N–H and O–H groups in total. The number of amides is 3. The van der Waals surface area contributed by atoms with Crippen LogP contribution >= 0.6 is 23.2 Å². The predicted octanol–water partition coefficient (Wildman–Crippen LogP) is 5.04. The molecule has 0 spiro atoms. The smallest absolute Gasteiger partial charge is 0.283 e. The predicted molar refractivity (Wildman–Crippen MR) is 149 cm³/mol. The van der Waals surface area contributed by atoms with Gasteiger partial charge in [0.05, 0.1) is 5.69 Å². The lowest BCUT2D eigenvalue weighted by atomic mass is 10.1. The number of rotatable bonds is 6. The fourth-order valence-corrected chi connectivity index (χ4v) is 5.04. The van der Waals surface area contributed by atoms with Crippen LogP contribution in [-0.4, -0.2) is 53.7 Å². The SMILES string of the molecule is Cc1ccc(Cl)cc1N1C(=O)C(Cl)=C(Nc2cccc(C(=O)N3CCN(Cc4ccccc4)CC3)c2)C1=O. The third-order valence-electron chi connectivity index (χ3n) is 6.73. The topological polar surface area (TPSA) is 73.0 Å². The van der Waals surface area contributed by atoms with Gasteiger partial charge < -0.3 is 10.2 Å². The minimum absolute atomic E-state index is 0.0461. The molecule has 3 aromatic carbocycles. The highest BCUT2D eigenvalue weighted by Gasteiger charge is 2.39. The Labute approximate surface area is 231 Å². The standard InChI is InChI=1S/C29H26Cl2N4O3/c1-19-10-11-22(30)17-24(19)35-28(37)25(31)26(29(35)38)32-23-9-5-8-21(16-23)27(36)34-14-12-33(13-15-34)18-20-6-3-2-4-7-20/h2-11,16-17,32H,12-15,18H2,1H3. The van der Waals surface area contributed by atoms with Crippen LogP contribution in [-0.2, 0) is 16.1 Å². The Morgan fingerprint density at radius 1 is 0.868 bits per heavy atom. The molecule has 2 aliphatic heterocycles. The van der Waals surface area contributed by atoms with Gasteiger partial charge in [0.1, 0.15) is 10.7 Å². The van der Waals surface area contributed by atoms with Gasteiger partial charge in [0.15, 0.2) is 0 Å². The molecule has 3 aromatic rings. The van der Waals surface area contributed by atoms with Gasteiger partial charge >= 0.3 is 0 Å². The van der Waals surface area contributed by atoms with E-state index in [1.54, 1.807) is 49.4 Å². The number of imide groups is 1. The van der Waals surface area contributed by atoms with E-state index in [4.69, 9.17) is 23.2 Å². The molecule has 2 heterocycles. The van der Waals surface area contributed by atoms with Crippen LogP contribution in [0.1, 0.15) is 21.5 Å². The maximum absolute atomic E-state index is 13.2. The molecular formula is C29H26Cl2N4O3. The summed E-state index contributed by atoms with van der Waals surface area (Å²) in [4.78, 5) is 44.5. The number of anilines is 2. The van der Waals surface area contributed by atoms with E-state index < -0.39 is 11.8 Å². The molecule has 7 nitrogen and oxygen atoms in total. The Balaban J connectivity index is 1.26. The first-order valence-electron chi connectivity index (χ1n) is 12.3. The summed E-state index contributed by atoms with van der Waals surface area (Å²) in [5, 5.41) is 3.14. The summed E-state index contributed by atoms with van der Waals surface area (Å²) in [6.07, 6.45) is 0. The van der Waals surface area contributed by atoms with E-state index in [1.165, 1.54) is 5.56 Å². The van der Waals surface area contributed by atoms with Crippen LogP contribution in [0.3, 0.4) is 0 Å². The van der Waals surface area contributed by atoms with Crippen molar-refractivity contribution in [3.05, 3.63) is 105 Å². The van der Waals surface area contributed by atoms with Crippen molar-refractivity contribution < 1.29 is 14.4 Å². The quantitative estimate of drug-likeness (QED) is 0.437. The minimum atomic E-state index is -0.634. The Morgan fingerprint density at radius 3 is 2.34 bits per heavy atom. The van der Waals surface area contributed by atoms with E-state index in [-0.39, 0.29) is 16.6 Å². The van der Waals surface area contributed by atoms with Crippen molar-refractivity contribution in [2.75, 3.05) is 36.4 Å². The lowest BCUT2D eigenvalue weighted by molar-refractivity contribution is -0.120. The summed E-state index contributed by atoms with van der Waals surface area (Å²) in [6.45, 7) is 5.47. The van der Waals surface area contributed by atoms with Gasteiger partial charge in [0.2, 0.25) is 0 Å². The van der Waals surface area contributed by atoms with E-state index >= 15 is 0 Å². The number of benzene rings is 3. The van der Waals surface area contributed by atoms with E-state index in [1.807, 2.05) is 23.1 Å². The van der Waals surface area contributed by atoms with Gasteiger partial charge in [-0.1, -0.05) is 65.7 Å². The van der Waals surface area contributed by atoms with Crippen LogP contribution in [0.4, 0.5) is 11.4 Å². The fraction of sp³-hybridized carbons (Fsp3) is 0.207. The largest absolute Gasteiger partial charge is 0.350 e. The fourth-order valence-electron chi connectivity index (χ4n) is 4.66. The van der Waals surface area contributed by atoms with Crippen molar-refractivity contribution in [1.82, 2.24) is 9.80 Å². The number of carbonyl (C=O) groups is 3. The average Bonchev–Trinajstić information content (AvgIpc) is 3.13. The maximum atomic E-state index is 13.2. The van der Waals surface area contributed by atoms with Crippen LogP contribution in [0.25, 0.3) is 0 Å². The summed E-state index contributed by atoms with van der Waals surface area (Å²) in [5.41, 5.74) is 3.26. The number of halogens is 2. The highest BCUT2D eigenvalue weighted by Crippen LogP contribution is 2.33. The Morgan fingerprint density at radius 2 is 1.61 bits per heavy atom. The van der Waals surface area contributed by atoms with Crippen molar-refractivity contribution >= 4 is 52.3 Å². The number of carbonyl (C=O) groups excluding carboxylic acids is 3. The van der Waals surface area contributed by atoms with E-state index in [0.717, 1.165) is 24.5 Å². The first kappa shape index (κ1) is 26.0. The lowest BCUT2D eigenvalue weighted by Crippen LogP contribution is -2.48. The normalized spacial score (nSPS) is 16.4. The molecule has 9 heteroatoms. The van der Waals surface area contributed by atoms with Crippen molar-refractivity contribution in [3.63, 3.8) is 0 Å². The second-order valence-electron chi connectivity index (χ2n) is 9.33. The molecule has 0 atom stereocenters.